The number of nitrogens with zero attached hydrogens (tertiary/aromatic N) is 1. The SMILES string of the molecule is O=C(/C=C/c1cccc(Cl)c1Cl)OCC(=O)N1CCCC1=O. The number of imide groups is 1. The second-order valence-corrected chi connectivity index (χ2v) is 5.41. The molecule has 0 aliphatic carbocycles. The van der Waals surface area contributed by atoms with E-state index in [2.05, 4.69) is 0 Å². The molecule has 0 atom stereocenters. The summed E-state index contributed by atoms with van der Waals surface area (Å²) in [6.07, 6.45) is 3.59. The molecule has 116 valence electrons. The molecule has 1 aliphatic rings. The second kappa shape index (κ2) is 7.42. The van der Waals surface area contributed by atoms with Gasteiger partial charge in [0.05, 0.1) is 10.0 Å². The van der Waals surface area contributed by atoms with Crippen LogP contribution in [0.1, 0.15) is 18.4 Å². The highest BCUT2D eigenvalue weighted by molar-refractivity contribution is 6.42. The minimum Gasteiger partial charge on any atom is -0.452 e. The third-order valence-corrected chi connectivity index (χ3v) is 3.93. The number of benzene rings is 1. The van der Waals surface area contributed by atoms with Gasteiger partial charge in [0.25, 0.3) is 5.91 Å². The summed E-state index contributed by atoms with van der Waals surface area (Å²) in [5, 5.41) is 0.701. The van der Waals surface area contributed by atoms with Gasteiger partial charge in [0.15, 0.2) is 6.61 Å². The lowest BCUT2D eigenvalue weighted by atomic mass is 10.2. The third kappa shape index (κ3) is 4.08. The Bertz CT molecular complexity index is 642. The van der Waals surface area contributed by atoms with Crippen molar-refractivity contribution >= 4 is 47.1 Å². The maximum Gasteiger partial charge on any atom is 0.331 e. The summed E-state index contributed by atoms with van der Waals surface area (Å²) in [5.74, 6) is -1.44. The quantitative estimate of drug-likeness (QED) is 0.623. The molecule has 1 saturated heterocycles. The van der Waals surface area contributed by atoms with Gasteiger partial charge in [-0.15, -0.1) is 0 Å². The smallest absolute Gasteiger partial charge is 0.331 e. The molecule has 0 bridgehead atoms. The van der Waals surface area contributed by atoms with Crippen molar-refractivity contribution < 1.29 is 19.1 Å². The van der Waals surface area contributed by atoms with Crippen molar-refractivity contribution in [3.8, 4) is 0 Å². The average molecular weight is 342 g/mol. The molecule has 1 aromatic rings. The van der Waals surface area contributed by atoms with Crippen molar-refractivity contribution in [1.29, 1.82) is 0 Å². The summed E-state index contributed by atoms with van der Waals surface area (Å²) in [4.78, 5) is 35.7. The fourth-order valence-electron chi connectivity index (χ4n) is 1.98. The minimum atomic E-state index is -0.698. The second-order valence-electron chi connectivity index (χ2n) is 4.63. The normalized spacial score (nSPS) is 14.6. The lowest BCUT2D eigenvalue weighted by Crippen LogP contribution is -2.35. The zero-order valence-electron chi connectivity index (χ0n) is 11.6. The summed E-state index contributed by atoms with van der Waals surface area (Å²) in [5.41, 5.74) is 0.562. The maximum atomic E-state index is 11.7. The first kappa shape index (κ1) is 16.5. The molecular weight excluding hydrogens is 329 g/mol. The molecule has 0 N–H and O–H groups in total. The topological polar surface area (TPSA) is 63.7 Å². The Balaban J connectivity index is 1.87. The standard InChI is InChI=1S/C15H13Cl2NO4/c16-11-4-1-3-10(15(11)17)6-7-14(21)22-9-13(20)18-8-2-5-12(18)19/h1,3-4,6-7H,2,5,8-9H2/b7-6+. The Morgan fingerprint density at radius 3 is 2.77 bits per heavy atom. The van der Waals surface area contributed by atoms with Gasteiger partial charge in [-0.1, -0.05) is 35.3 Å². The highest BCUT2D eigenvalue weighted by Gasteiger charge is 2.26. The summed E-state index contributed by atoms with van der Waals surface area (Å²) < 4.78 is 4.81. The number of ether oxygens (including phenoxy) is 1. The van der Waals surface area contributed by atoms with Crippen LogP contribution in [-0.2, 0) is 19.1 Å². The van der Waals surface area contributed by atoms with Gasteiger partial charge in [-0.25, -0.2) is 4.79 Å². The van der Waals surface area contributed by atoms with Crippen molar-refractivity contribution in [2.45, 2.75) is 12.8 Å². The molecule has 1 aliphatic heterocycles. The fraction of sp³-hybridized carbons (Fsp3) is 0.267. The molecule has 1 aromatic carbocycles. The lowest BCUT2D eigenvalue weighted by molar-refractivity contribution is -0.151. The van der Waals surface area contributed by atoms with Gasteiger partial charge >= 0.3 is 5.97 Å². The zero-order valence-corrected chi connectivity index (χ0v) is 13.1. The van der Waals surface area contributed by atoms with Gasteiger partial charge in [0.2, 0.25) is 5.91 Å². The van der Waals surface area contributed by atoms with E-state index in [0.717, 1.165) is 11.0 Å². The Hall–Kier alpha value is -1.85. The molecular formula is C15H13Cl2NO4. The van der Waals surface area contributed by atoms with Crippen LogP contribution in [0.3, 0.4) is 0 Å². The van der Waals surface area contributed by atoms with Crippen molar-refractivity contribution in [1.82, 2.24) is 4.90 Å². The number of hydrogen-bond donors (Lipinski definition) is 0. The maximum absolute atomic E-state index is 11.7. The van der Waals surface area contributed by atoms with Gasteiger partial charge < -0.3 is 4.74 Å². The van der Waals surface area contributed by atoms with Crippen LogP contribution in [0.25, 0.3) is 6.08 Å². The number of esters is 1. The van der Waals surface area contributed by atoms with Gasteiger partial charge in [-0.3, -0.25) is 14.5 Å². The highest BCUT2D eigenvalue weighted by atomic mass is 35.5. The molecule has 0 unspecified atom stereocenters. The van der Waals surface area contributed by atoms with Crippen molar-refractivity contribution in [2.75, 3.05) is 13.2 Å². The first-order valence-corrected chi connectivity index (χ1v) is 7.36. The molecule has 0 saturated carbocycles. The highest BCUT2D eigenvalue weighted by Crippen LogP contribution is 2.26. The van der Waals surface area contributed by atoms with Crippen LogP contribution < -0.4 is 0 Å². The predicted molar refractivity (Wildman–Crippen MR) is 82.4 cm³/mol. The number of halogens is 2. The number of carbonyl (C=O) groups is 3. The lowest BCUT2D eigenvalue weighted by Gasteiger charge is -2.12. The van der Waals surface area contributed by atoms with Crippen molar-refractivity contribution in [3.05, 3.63) is 39.9 Å². The molecule has 0 spiro atoms. The van der Waals surface area contributed by atoms with E-state index in [4.69, 9.17) is 27.9 Å². The van der Waals surface area contributed by atoms with Crippen LogP contribution in [0, 0.1) is 0 Å². The molecule has 1 heterocycles. The molecule has 2 rings (SSSR count). The van der Waals surface area contributed by atoms with Crippen LogP contribution in [0.5, 0.6) is 0 Å². The molecule has 22 heavy (non-hydrogen) atoms. The number of amides is 2. The van der Waals surface area contributed by atoms with Crippen LogP contribution in [-0.4, -0.2) is 35.8 Å². The van der Waals surface area contributed by atoms with Crippen LogP contribution in [0.4, 0.5) is 0 Å². The van der Waals surface area contributed by atoms with E-state index < -0.39 is 18.5 Å². The Morgan fingerprint density at radius 2 is 2.09 bits per heavy atom. The van der Waals surface area contributed by atoms with Crippen LogP contribution >= 0.6 is 23.2 Å². The first-order chi connectivity index (χ1) is 10.5. The molecule has 2 amide bonds. The Morgan fingerprint density at radius 1 is 1.32 bits per heavy atom. The molecule has 1 fully saturated rings. The van der Waals surface area contributed by atoms with Gasteiger partial charge in [0.1, 0.15) is 0 Å². The van der Waals surface area contributed by atoms with Gasteiger partial charge in [0, 0.05) is 19.0 Å². The minimum absolute atomic E-state index is 0.234. The number of hydrogen-bond acceptors (Lipinski definition) is 4. The summed E-state index contributed by atoms with van der Waals surface area (Å²) >= 11 is 11.8. The van der Waals surface area contributed by atoms with E-state index in [9.17, 15) is 14.4 Å². The molecule has 0 radical (unpaired) electrons. The van der Waals surface area contributed by atoms with E-state index in [0.29, 0.717) is 35.0 Å². The Kier molecular flexibility index (Phi) is 5.57. The molecule has 7 heteroatoms. The summed E-state index contributed by atoms with van der Waals surface area (Å²) in [7, 11) is 0. The number of likely N-dealkylation sites (tertiary alicyclic amines) is 1. The predicted octanol–water partition coefficient (Wildman–Crippen LogP) is 2.70. The summed E-state index contributed by atoms with van der Waals surface area (Å²) in [6.45, 7) is -0.0820. The summed E-state index contributed by atoms with van der Waals surface area (Å²) in [6, 6.07) is 5.01. The molecule has 0 aromatic heterocycles. The van der Waals surface area contributed by atoms with Gasteiger partial charge in [-0.05, 0) is 24.1 Å². The monoisotopic (exact) mass is 341 g/mol. The van der Waals surface area contributed by atoms with Crippen LogP contribution in [0.2, 0.25) is 10.0 Å². The average Bonchev–Trinajstić information content (AvgIpc) is 2.92. The van der Waals surface area contributed by atoms with Crippen molar-refractivity contribution in [2.24, 2.45) is 0 Å². The van der Waals surface area contributed by atoms with E-state index in [1.807, 2.05) is 0 Å². The van der Waals surface area contributed by atoms with E-state index in [-0.39, 0.29) is 5.91 Å². The number of rotatable bonds is 4. The number of carbonyl (C=O) groups excluding carboxylic acids is 3. The Labute approximate surface area is 137 Å². The van der Waals surface area contributed by atoms with Crippen molar-refractivity contribution in [3.63, 3.8) is 0 Å². The largest absolute Gasteiger partial charge is 0.452 e. The first-order valence-electron chi connectivity index (χ1n) is 6.61. The fourth-order valence-corrected chi connectivity index (χ4v) is 2.35. The van der Waals surface area contributed by atoms with E-state index >= 15 is 0 Å². The van der Waals surface area contributed by atoms with E-state index in [1.54, 1.807) is 18.2 Å². The third-order valence-electron chi connectivity index (χ3n) is 3.09. The van der Waals surface area contributed by atoms with E-state index in [1.165, 1.54) is 6.08 Å². The zero-order chi connectivity index (χ0) is 16.1. The van der Waals surface area contributed by atoms with Crippen LogP contribution in [0.15, 0.2) is 24.3 Å². The molecule has 5 nitrogen and oxygen atoms in total. The van der Waals surface area contributed by atoms with Gasteiger partial charge in [-0.2, -0.15) is 0 Å².